The van der Waals surface area contributed by atoms with Crippen LogP contribution in [0.1, 0.15) is 6.92 Å². The molecule has 16 heavy (non-hydrogen) atoms. The van der Waals surface area contributed by atoms with E-state index in [2.05, 4.69) is 19.3 Å². The lowest BCUT2D eigenvalue weighted by Crippen LogP contribution is -2.02. The van der Waals surface area contributed by atoms with Gasteiger partial charge in [0.25, 0.3) is 0 Å². The van der Waals surface area contributed by atoms with Crippen molar-refractivity contribution in [3.8, 4) is 5.88 Å². The predicted octanol–water partition coefficient (Wildman–Crippen LogP) is 1.46. The molecule has 0 amide bonds. The Morgan fingerprint density at radius 3 is 2.94 bits per heavy atom. The quantitative estimate of drug-likeness (QED) is 0.827. The van der Waals surface area contributed by atoms with Crippen molar-refractivity contribution in [1.29, 1.82) is 0 Å². The highest BCUT2D eigenvalue weighted by Crippen LogP contribution is 2.33. The monoisotopic (exact) mass is 255 g/mol. The molecule has 2 aromatic rings. The maximum atomic E-state index is 5.87. The zero-order valence-corrected chi connectivity index (χ0v) is 10.1. The average Bonchev–Trinajstić information content (AvgIpc) is 2.77. The Balaban J connectivity index is 2.24. The summed E-state index contributed by atoms with van der Waals surface area (Å²) in [4.78, 5) is 12.1. The minimum absolute atomic E-state index is 0.407. The van der Waals surface area contributed by atoms with Gasteiger partial charge >= 0.3 is 0 Å². The summed E-state index contributed by atoms with van der Waals surface area (Å²) >= 11 is 2.64. The third kappa shape index (κ3) is 2.39. The van der Waals surface area contributed by atoms with Gasteiger partial charge in [0.15, 0.2) is 4.34 Å². The van der Waals surface area contributed by atoms with Crippen LogP contribution >= 0.6 is 23.3 Å². The Hall–Kier alpha value is -1.41. The molecule has 2 rings (SSSR count). The van der Waals surface area contributed by atoms with E-state index in [-0.39, 0.29) is 0 Å². The number of aromatic nitrogens is 4. The first-order valence-corrected chi connectivity index (χ1v) is 6.08. The predicted molar refractivity (Wildman–Crippen MR) is 61.6 cm³/mol. The van der Waals surface area contributed by atoms with Crippen LogP contribution in [0.15, 0.2) is 22.0 Å². The summed E-state index contributed by atoms with van der Waals surface area (Å²) < 4.78 is 9.96. The van der Waals surface area contributed by atoms with Crippen molar-refractivity contribution in [2.75, 3.05) is 12.3 Å². The Morgan fingerprint density at radius 1 is 1.38 bits per heavy atom. The minimum atomic E-state index is 0.407. The lowest BCUT2D eigenvalue weighted by molar-refractivity contribution is 0.327. The third-order valence-electron chi connectivity index (χ3n) is 1.62. The molecule has 0 saturated heterocycles. The van der Waals surface area contributed by atoms with Gasteiger partial charge in [-0.05, 0) is 30.2 Å². The number of nitrogen functional groups attached to an aromatic ring is 1. The van der Waals surface area contributed by atoms with Crippen molar-refractivity contribution in [1.82, 2.24) is 19.3 Å². The van der Waals surface area contributed by atoms with Crippen molar-refractivity contribution < 1.29 is 4.74 Å². The van der Waals surface area contributed by atoms with Gasteiger partial charge in [-0.25, -0.2) is 9.97 Å². The highest BCUT2D eigenvalue weighted by molar-refractivity contribution is 8.01. The van der Waals surface area contributed by atoms with Gasteiger partial charge in [-0.1, -0.05) is 0 Å². The van der Waals surface area contributed by atoms with E-state index in [1.54, 1.807) is 0 Å². The molecule has 0 atom stereocenters. The van der Waals surface area contributed by atoms with E-state index < -0.39 is 0 Å². The molecule has 84 valence electrons. The van der Waals surface area contributed by atoms with E-state index >= 15 is 0 Å². The first-order valence-electron chi connectivity index (χ1n) is 4.49. The lowest BCUT2D eigenvalue weighted by atomic mass is 10.5. The molecule has 0 unspecified atom stereocenters. The van der Waals surface area contributed by atoms with Gasteiger partial charge in [-0.2, -0.15) is 9.36 Å². The highest BCUT2D eigenvalue weighted by Gasteiger charge is 2.11. The second kappa shape index (κ2) is 5.08. The van der Waals surface area contributed by atoms with Crippen LogP contribution in [0.4, 0.5) is 5.69 Å². The Bertz CT molecular complexity index is 461. The summed E-state index contributed by atoms with van der Waals surface area (Å²) in [5.41, 5.74) is 6.31. The van der Waals surface area contributed by atoms with Crippen LogP contribution in [-0.2, 0) is 0 Å². The fourth-order valence-electron chi connectivity index (χ4n) is 0.988. The van der Waals surface area contributed by atoms with Crippen LogP contribution in [0.5, 0.6) is 5.88 Å². The van der Waals surface area contributed by atoms with Crippen molar-refractivity contribution >= 4 is 29.0 Å². The molecular formula is C8H9N5OS2. The number of anilines is 1. The van der Waals surface area contributed by atoms with E-state index in [1.807, 2.05) is 6.92 Å². The van der Waals surface area contributed by atoms with Crippen molar-refractivity contribution in [3.05, 3.63) is 12.7 Å². The maximum absolute atomic E-state index is 5.87. The zero-order valence-electron chi connectivity index (χ0n) is 8.45. The largest absolute Gasteiger partial charge is 0.476 e. The van der Waals surface area contributed by atoms with Crippen LogP contribution in [0.3, 0.4) is 0 Å². The SMILES string of the molecule is CCOc1ncnc(Sc2ncns2)c1N. The third-order valence-corrected chi connectivity index (χ3v) is 3.35. The Morgan fingerprint density at radius 2 is 2.25 bits per heavy atom. The second-order valence-corrected chi connectivity index (χ2v) is 4.66. The summed E-state index contributed by atoms with van der Waals surface area (Å²) in [6.45, 7) is 2.39. The molecule has 0 aliphatic carbocycles. The second-order valence-electron chi connectivity index (χ2n) is 2.64. The summed E-state index contributed by atoms with van der Waals surface area (Å²) in [6.07, 6.45) is 2.92. The van der Waals surface area contributed by atoms with Crippen LogP contribution in [0.25, 0.3) is 0 Å². The van der Waals surface area contributed by atoms with Crippen LogP contribution in [0, 0.1) is 0 Å². The van der Waals surface area contributed by atoms with Gasteiger partial charge in [0.2, 0.25) is 5.88 Å². The van der Waals surface area contributed by atoms with Gasteiger partial charge in [-0.3, -0.25) is 0 Å². The summed E-state index contributed by atoms with van der Waals surface area (Å²) in [6, 6.07) is 0. The minimum Gasteiger partial charge on any atom is -0.476 e. The number of rotatable bonds is 4. The number of nitrogens with two attached hydrogens (primary N) is 1. The van der Waals surface area contributed by atoms with Crippen LogP contribution in [0.2, 0.25) is 0 Å². The molecule has 0 fully saturated rings. The molecule has 0 spiro atoms. The van der Waals surface area contributed by atoms with Crippen LogP contribution in [-0.4, -0.2) is 25.9 Å². The molecule has 6 nitrogen and oxygen atoms in total. The van der Waals surface area contributed by atoms with Crippen molar-refractivity contribution in [3.63, 3.8) is 0 Å². The summed E-state index contributed by atoms with van der Waals surface area (Å²) in [7, 11) is 0. The fourth-order valence-corrected chi connectivity index (χ4v) is 2.34. The molecule has 2 N–H and O–H groups in total. The van der Waals surface area contributed by atoms with Gasteiger partial charge in [0, 0.05) is 0 Å². The molecule has 0 aromatic carbocycles. The van der Waals surface area contributed by atoms with E-state index in [1.165, 1.54) is 35.9 Å². The maximum Gasteiger partial charge on any atom is 0.241 e. The zero-order chi connectivity index (χ0) is 11.4. The van der Waals surface area contributed by atoms with Gasteiger partial charge in [-0.15, -0.1) is 0 Å². The number of ether oxygens (including phenoxy) is 1. The van der Waals surface area contributed by atoms with Crippen molar-refractivity contribution in [2.24, 2.45) is 0 Å². The topological polar surface area (TPSA) is 86.8 Å². The van der Waals surface area contributed by atoms with E-state index in [4.69, 9.17) is 10.5 Å². The molecular weight excluding hydrogens is 246 g/mol. The fraction of sp³-hybridized carbons (Fsp3) is 0.250. The summed E-state index contributed by atoms with van der Waals surface area (Å²) in [5.74, 6) is 0.407. The highest BCUT2D eigenvalue weighted by atomic mass is 32.2. The molecule has 0 bridgehead atoms. The van der Waals surface area contributed by atoms with Gasteiger partial charge in [0.1, 0.15) is 23.4 Å². The van der Waals surface area contributed by atoms with Gasteiger partial charge < -0.3 is 10.5 Å². The van der Waals surface area contributed by atoms with Crippen LogP contribution < -0.4 is 10.5 Å². The normalized spacial score (nSPS) is 10.3. The lowest BCUT2D eigenvalue weighted by Gasteiger charge is -2.07. The van der Waals surface area contributed by atoms with E-state index in [0.717, 1.165) is 4.34 Å². The molecule has 0 saturated carbocycles. The summed E-state index contributed by atoms with van der Waals surface area (Å²) in [5, 5.41) is 0.634. The molecule has 2 aromatic heterocycles. The number of hydrogen-bond donors (Lipinski definition) is 1. The molecule has 8 heteroatoms. The first-order chi connectivity index (χ1) is 7.81. The van der Waals surface area contributed by atoms with Gasteiger partial charge in [0.05, 0.1) is 6.61 Å². The van der Waals surface area contributed by atoms with E-state index in [9.17, 15) is 0 Å². The molecule has 0 radical (unpaired) electrons. The Kier molecular flexibility index (Phi) is 3.52. The number of hydrogen-bond acceptors (Lipinski definition) is 8. The van der Waals surface area contributed by atoms with E-state index in [0.29, 0.717) is 23.2 Å². The molecule has 0 aliphatic rings. The number of nitrogens with zero attached hydrogens (tertiary/aromatic N) is 4. The first kappa shape index (κ1) is 11.1. The molecule has 2 heterocycles. The standard InChI is InChI=1S/C8H9N5OS2/c1-2-14-6-5(9)7(11-3-10-6)15-8-12-4-13-16-8/h3-4H,2,9H2,1H3. The van der Waals surface area contributed by atoms with Crippen molar-refractivity contribution in [2.45, 2.75) is 16.3 Å². The Labute approximate surface area is 100 Å². The smallest absolute Gasteiger partial charge is 0.241 e. The molecule has 0 aliphatic heterocycles. The average molecular weight is 255 g/mol.